The van der Waals surface area contributed by atoms with Crippen LogP contribution in [0.1, 0.15) is 48.9 Å². The van der Waals surface area contributed by atoms with E-state index in [0.29, 0.717) is 56.6 Å². The van der Waals surface area contributed by atoms with Crippen molar-refractivity contribution in [3.8, 4) is 0 Å². The van der Waals surface area contributed by atoms with Gasteiger partial charge in [0.25, 0.3) is 5.91 Å². The largest absolute Gasteiger partial charge is 0.467 e. The Balaban J connectivity index is 1.35. The number of carbonyl (C=O) groups excluding carboxylic acids is 2. The molecule has 0 spiro atoms. The smallest absolute Gasteiger partial charge is 0.257 e. The molecule has 3 heterocycles. The summed E-state index contributed by atoms with van der Waals surface area (Å²) in [6, 6.07) is 10.8. The van der Waals surface area contributed by atoms with Crippen molar-refractivity contribution in [2.45, 2.75) is 52.2 Å². The van der Waals surface area contributed by atoms with Gasteiger partial charge in [0.05, 0.1) is 24.9 Å². The molecule has 1 saturated heterocycles. The number of piperazine rings is 1. The van der Waals surface area contributed by atoms with Crippen molar-refractivity contribution < 1.29 is 14.0 Å². The Morgan fingerprint density at radius 3 is 2.66 bits per heavy atom. The minimum atomic E-state index is 0.0117. The van der Waals surface area contributed by atoms with E-state index in [-0.39, 0.29) is 17.9 Å². The lowest BCUT2D eigenvalue weighted by molar-refractivity contribution is -0.123. The van der Waals surface area contributed by atoms with Crippen molar-refractivity contribution in [2.75, 3.05) is 37.6 Å². The van der Waals surface area contributed by atoms with Crippen LogP contribution >= 0.6 is 0 Å². The maximum absolute atomic E-state index is 13.2. The van der Waals surface area contributed by atoms with Crippen molar-refractivity contribution in [3.05, 3.63) is 53.5 Å². The van der Waals surface area contributed by atoms with Gasteiger partial charge in [-0.15, -0.1) is 0 Å². The first-order valence-corrected chi connectivity index (χ1v) is 11.7. The third kappa shape index (κ3) is 4.83. The summed E-state index contributed by atoms with van der Waals surface area (Å²) in [4.78, 5) is 31.7. The Morgan fingerprint density at radius 2 is 1.91 bits per heavy atom. The molecule has 32 heavy (non-hydrogen) atoms. The number of nitrogens with zero attached hydrogens (tertiary/aromatic N) is 3. The lowest BCUT2D eigenvalue weighted by Gasteiger charge is -2.34. The van der Waals surface area contributed by atoms with Crippen LogP contribution in [0.4, 0.5) is 5.69 Å². The van der Waals surface area contributed by atoms with E-state index in [0.717, 1.165) is 12.8 Å². The van der Waals surface area contributed by atoms with Gasteiger partial charge in [0.15, 0.2) is 0 Å². The molecule has 2 aromatic rings. The molecule has 0 radical (unpaired) electrons. The lowest BCUT2D eigenvalue weighted by Crippen LogP contribution is -2.51. The number of amides is 2. The van der Waals surface area contributed by atoms with E-state index < -0.39 is 0 Å². The van der Waals surface area contributed by atoms with E-state index in [1.165, 1.54) is 11.3 Å². The molecule has 172 valence electrons. The summed E-state index contributed by atoms with van der Waals surface area (Å²) in [5.41, 5.74) is 3.21. The van der Waals surface area contributed by atoms with Gasteiger partial charge in [0, 0.05) is 44.0 Å². The van der Waals surface area contributed by atoms with Gasteiger partial charge in [-0.25, -0.2) is 0 Å². The molecule has 0 saturated carbocycles. The normalized spacial score (nSPS) is 19.7. The molecular weight excluding hydrogens is 404 g/mol. The number of hydrogen-bond donors (Lipinski definition) is 1. The van der Waals surface area contributed by atoms with Gasteiger partial charge in [-0.05, 0) is 44.4 Å². The Hall–Kier alpha value is -2.80. The molecule has 7 nitrogen and oxygen atoms in total. The number of para-hydroxylation sites is 1. The number of benzene rings is 1. The third-order valence-electron chi connectivity index (χ3n) is 6.68. The summed E-state index contributed by atoms with van der Waals surface area (Å²) in [5.74, 6) is 0.780. The molecule has 2 aliphatic rings. The fourth-order valence-electron chi connectivity index (χ4n) is 4.58. The van der Waals surface area contributed by atoms with E-state index in [4.69, 9.17) is 4.42 Å². The predicted octanol–water partition coefficient (Wildman–Crippen LogP) is 2.90. The second-order valence-corrected chi connectivity index (χ2v) is 9.01. The first-order chi connectivity index (χ1) is 15.5. The number of nitrogens with one attached hydrogen (secondary N) is 1. The fraction of sp³-hybridized carbons (Fsp3) is 0.520. The molecule has 2 atom stereocenters. The minimum absolute atomic E-state index is 0.0117. The highest BCUT2D eigenvalue weighted by Gasteiger charge is 2.30. The highest BCUT2D eigenvalue weighted by molar-refractivity contribution is 5.95. The average molecular weight is 439 g/mol. The second-order valence-electron chi connectivity index (χ2n) is 9.01. The van der Waals surface area contributed by atoms with E-state index >= 15 is 0 Å². The van der Waals surface area contributed by atoms with Gasteiger partial charge < -0.3 is 19.5 Å². The Labute approximate surface area is 190 Å². The molecular formula is C25H34N4O3. The molecule has 7 heteroatoms. The number of hydrogen-bond acceptors (Lipinski definition) is 5. The first-order valence-electron chi connectivity index (χ1n) is 11.7. The minimum Gasteiger partial charge on any atom is -0.467 e. The van der Waals surface area contributed by atoms with Gasteiger partial charge in [-0.1, -0.05) is 25.1 Å². The number of fused-ring (bicyclic) bond motifs is 1. The molecule has 1 aromatic carbocycles. The highest BCUT2D eigenvalue weighted by atomic mass is 16.3. The topological polar surface area (TPSA) is 69.0 Å². The van der Waals surface area contributed by atoms with E-state index in [9.17, 15) is 9.59 Å². The molecule has 1 N–H and O–H groups in total. The zero-order valence-corrected chi connectivity index (χ0v) is 19.3. The molecule has 1 aromatic heterocycles. The van der Waals surface area contributed by atoms with Crippen LogP contribution in [0.5, 0.6) is 0 Å². The maximum Gasteiger partial charge on any atom is 0.257 e. The summed E-state index contributed by atoms with van der Waals surface area (Å²) in [6.45, 7) is 9.87. The van der Waals surface area contributed by atoms with Gasteiger partial charge in [-0.3, -0.25) is 14.5 Å². The van der Waals surface area contributed by atoms with Crippen LogP contribution in [0.2, 0.25) is 0 Å². The van der Waals surface area contributed by atoms with E-state index in [1.807, 2.05) is 11.8 Å². The molecule has 1 fully saturated rings. The SMILES string of the molecule is CCC(C)NC(=O)CN1CCN(C(=O)c2ccoc2CN2c3ccccc3CC2C)CC1. The van der Waals surface area contributed by atoms with E-state index in [2.05, 4.69) is 53.2 Å². The Morgan fingerprint density at radius 1 is 1.16 bits per heavy atom. The number of rotatable bonds is 7. The second kappa shape index (κ2) is 9.77. The standard InChI is InChI=1S/C25H34N4O3/c1-4-18(2)26-24(30)17-27-10-12-28(13-11-27)25(31)21-9-14-32-23(21)16-29-19(3)15-20-7-5-6-8-22(20)29/h5-9,14,18-19H,4,10-13,15-17H2,1-3H3,(H,26,30). The van der Waals surface area contributed by atoms with Gasteiger partial charge in [0.1, 0.15) is 5.76 Å². The van der Waals surface area contributed by atoms with Crippen LogP contribution in [0, 0.1) is 0 Å². The maximum atomic E-state index is 13.2. The number of furan rings is 1. The van der Waals surface area contributed by atoms with Crippen molar-refractivity contribution in [1.29, 1.82) is 0 Å². The van der Waals surface area contributed by atoms with Crippen LogP contribution in [0.3, 0.4) is 0 Å². The molecule has 2 amide bonds. The summed E-state index contributed by atoms with van der Waals surface area (Å²) >= 11 is 0. The zero-order valence-electron chi connectivity index (χ0n) is 19.3. The van der Waals surface area contributed by atoms with Gasteiger partial charge >= 0.3 is 0 Å². The summed E-state index contributed by atoms with van der Waals surface area (Å²) in [6.07, 6.45) is 3.54. The monoisotopic (exact) mass is 438 g/mol. The molecule has 0 bridgehead atoms. The number of carbonyl (C=O) groups is 2. The van der Waals surface area contributed by atoms with Crippen LogP contribution in [-0.2, 0) is 17.8 Å². The van der Waals surface area contributed by atoms with Gasteiger partial charge in [0.2, 0.25) is 5.91 Å². The predicted molar refractivity (Wildman–Crippen MR) is 125 cm³/mol. The van der Waals surface area contributed by atoms with Crippen molar-refractivity contribution >= 4 is 17.5 Å². The quantitative estimate of drug-likeness (QED) is 0.720. The molecule has 2 unspecified atom stereocenters. The molecule has 0 aliphatic carbocycles. The van der Waals surface area contributed by atoms with Crippen LogP contribution in [0.15, 0.2) is 41.0 Å². The average Bonchev–Trinajstić information content (AvgIpc) is 3.38. The zero-order chi connectivity index (χ0) is 22.7. The Bertz CT molecular complexity index is 948. The molecule has 2 aliphatic heterocycles. The van der Waals surface area contributed by atoms with Crippen molar-refractivity contribution in [3.63, 3.8) is 0 Å². The number of anilines is 1. The fourth-order valence-corrected chi connectivity index (χ4v) is 4.58. The highest BCUT2D eigenvalue weighted by Crippen LogP contribution is 2.33. The summed E-state index contributed by atoms with van der Waals surface area (Å²) < 4.78 is 5.77. The van der Waals surface area contributed by atoms with Crippen LogP contribution in [0.25, 0.3) is 0 Å². The first kappa shape index (κ1) is 22.4. The van der Waals surface area contributed by atoms with Crippen LogP contribution in [-0.4, -0.2) is 66.4 Å². The molecule has 4 rings (SSSR count). The third-order valence-corrected chi connectivity index (χ3v) is 6.68. The van der Waals surface area contributed by atoms with Crippen molar-refractivity contribution in [2.24, 2.45) is 0 Å². The lowest BCUT2D eigenvalue weighted by atomic mass is 10.1. The van der Waals surface area contributed by atoms with E-state index in [1.54, 1.807) is 12.3 Å². The Kier molecular flexibility index (Phi) is 6.84. The van der Waals surface area contributed by atoms with Crippen molar-refractivity contribution in [1.82, 2.24) is 15.1 Å². The van der Waals surface area contributed by atoms with Gasteiger partial charge in [-0.2, -0.15) is 0 Å². The summed E-state index contributed by atoms with van der Waals surface area (Å²) in [7, 11) is 0. The summed E-state index contributed by atoms with van der Waals surface area (Å²) in [5, 5.41) is 3.01. The van der Waals surface area contributed by atoms with Crippen LogP contribution < -0.4 is 10.2 Å².